The third-order valence-corrected chi connectivity index (χ3v) is 4.56. The molecular weight excluding hydrogens is 444 g/mol. The van der Waals surface area contributed by atoms with Gasteiger partial charge in [-0.05, 0) is 49.2 Å². The molecule has 0 aliphatic heterocycles. The molecule has 0 fully saturated rings. The van der Waals surface area contributed by atoms with E-state index in [0.717, 1.165) is 5.56 Å². The zero-order valence-electron chi connectivity index (χ0n) is 18.4. The van der Waals surface area contributed by atoms with E-state index < -0.39 is 22.0 Å². The minimum atomic E-state index is -1.07. The van der Waals surface area contributed by atoms with Crippen LogP contribution in [0.5, 0.6) is 17.4 Å². The number of aromatic hydroxyl groups is 1. The highest BCUT2D eigenvalue weighted by atomic mass is 16.6. The molecule has 0 saturated heterocycles. The summed E-state index contributed by atoms with van der Waals surface area (Å²) in [4.78, 5) is 39.6. The fourth-order valence-electron chi connectivity index (χ4n) is 2.95. The predicted molar refractivity (Wildman–Crippen MR) is 125 cm³/mol. The summed E-state index contributed by atoms with van der Waals surface area (Å²) in [5.41, 5.74) is 0.161. The monoisotopic (exact) mass is 466 g/mol. The fourth-order valence-corrected chi connectivity index (χ4v) is 2.95. The number of ether oxygens (including phenoxy) is 2. The van der Waals surface area contributed by atoms with Crippen molar-refractivity contribution >= 4 is 29.4 Å². The van der Waals surface area contributed by atoms with Gasteiger partial charge in [-0.2, -0.15) is 4.98 Å². The number of carbonyl (C=O) groups excluding carboxylic acids is 1. The summed E-state index contributed by atoms with van der Waals surface area (Å²) in [5.74, 6) is -0.621. The van der Waals surface area contributed by atoms with Crippen LogP contribution in [0.25, 0.3) is 12.2 Å². The highest BCUT2D eigenvalue weighted by molar-refractivity contribution is 5.92. The molecular formula is C23H22N4O7. The number of benzene rings is 2. The van der Waals surface area contributed by atoms with Gasteiger partial charge in [0.05, 0.1) is 11.5 Å². The van der Waals surface area contributed by atoms with Gasteiger partial charge in [0.25, 0.3) is 11.8 Å². The number of hydrogen-bond donors (Lipinski definition) is 3. The lowest BCUT2D eigenvalue weighted by Crippen LogP contribution is -2.20. The molecule has 3 N–H and O–H groups in total. The predicted octanol–water partition coefficient (Wildman–Crippen LogP) is 3.28. The van der Waals surface area contributed by atoms with E-state index in [1.807, 2.05) is 25.1 Å². The third-order valence-electron chi connectivity index (χ3n) is 4.56. The summed E-state index contributed by atoms with van der Waals surface area (Å²) >= 11 is 0. The number of aromatic nitrogens is 2. The second kappa shape index (κ2) is 10.8. The van der Waals surface area contributed by atoms with Crippen LogP contribution in [0, 0.1) is 17.0 Å². The number of amides is 1. The molecule has 0 atom stereocenters. The van der Waals surface area contributed by atoms with Crippen molar-refractivity contribution in [3.63, 3.8) is 0 Å². The van der Waals surface area contributed by atoms with Crippen molar-refractivity contribution < 1.29 is 24.3 Å². The Bertz CT molecular complexity index is 1300. The molecule has 0 aliphatic rings. The number of carbonyl (C=O) groups is 1. The van der Waals surface area contributed by atoms with E-state index in [4.69, 9.17) is 9.47 Å². The molecule has 0 saturated carbocycles. The Hall–Kier alpha value is -4.67. The Morgan fingerprint density at radius 3 is 2.65 bits per heavy atom. The Morgan fingerprint density at radius 2 is 1.97 bits per heavy atom. The molecule has 0 aliphatic carbocycles. The highest BCUT2D eigenvalue weighted by Gasteiger charge is 2.21. The molecule has 176 valence electrons. The Morgan fingerprint density at radius 1 is 1.21 bits per heavy atom. The number of para-hydroxylation sites is 1. The van der Waals surface area contributed by atoms with Crippen molar-refractivity contribution in [1.29, 1.82) is 0 Å². The molecule has 0 unspecified atom stereocenters. The molecule has 1 amide bonds. The number of hydrogen-bond acceptors (Lipinski definition) is 8. The van der Waals surface area contributed by atoms with Crippen molar-refractivity contribution in [3.05, 3.63) is 79.9 Å². The van der Waals surface area contributed by atoms with Crippen molar-refractivity contribution in [2.75, 3.05) is 18.5 Å². The van der Waals surface area contributed by atoms with Crippen LogP contribution in [0.3, 0.4) is 0 Å². The summed E-state index contributed by atoms with van der Waals surface area (Å²) in [7, 11) is 0. The first-order chi connectivity index (χ1) is 16.3. The standard InChI is InChI=1S/C23H22N4O7/c1-3-33-18-12-15(9-11-19-25-22(29)21(27(31)32)23(30)26-19)8-10-17(18)34-13-20(28)24-16-7-5-4-6-14(16)2/h4-12H,3,13H2,1-2H3,(H,24,28)(H2,25,26,29,30)/b11-9+. The number of nitrogens with zero attached hydrogens (tertiary/aromatic N) is 2. The first-order valence-corrected chi connectivity index (χ1v) is 10.2. The van der Waals surface area contributed by atoms with E-state index in [2.05, 4.69) is 15.3 Å². The normalized spacial score (nSPS) is 10.8. The lowest BCUT2D eigenvalue weighted by atomic mass is 10.2. The maximum atomic E-state index is 12.3. The van der Waals surface area contributed by atoms with Gasteiger partial charge in [0.15, 0.2) is 18.1 Å². The van der Waals surface area contributed by atoms with Crippen LogP contribution in [0.4, 0.5) is 11.4 Å². The SMILES string of the molecule is CCOc1cc(/C=C/c2nc(O)c([N+](=O)[O-])c(=O)[nH]2)ccc1OCC(=O)Nc1ccccc1C. The Labute approximate surface area is 193 Å². The number of rotatable bonds is 9. The number of anilines is 1. The van der Waals surface area contributed by atoms with Gasteiger partial charge in [-0.1, -0.05) is 30.3 Å². The van der Waals surface area contributed by atoms with Crippen LogP contribution >= 0.6 is 0 Å². The summed E-state index contributed by atoms with van der Waals surface area (Å²) in [5, 5.41) is 23.2. The maximum absolute atomic E-state index is 12.3. The summed E-state index contributed by atoms with van der Waals surface area (Å²) in [6.45, 7) is 3.81. The fraction of sp³-hybridized carbons (Fsp3) is 0.174. The number of aryl methyl sites for hydroxylation is 1. The number of H-pyrrole nitrogens is 1. The lowest BCUT2D eigenvalue weighted by Gasteiger charge is -2.13. The minimum absolute atomic E-state index is 0.0701. The van der Waals surface area contributed by atoms with Crippen molar-refractivity contribution in [2.24, 2.45) is 0 Å². The van der Waals surface area contributed by atoms with Crippen molar-refractivity contribution in [3.8, 4) is 17.4 Å². The van der Waals surface area contributed by atoms with Crippen LogP contribution < -0.4 is 20.3 Å². The van der Waals surface area contributed by atoms with Gasteiger partial charge >= 0.3 is 11.2 Å². The maximum Gasteiger partial charge on any atom is 0.395 e. The van der Waals surface area contributed by atoms with E-state index in [1.165, 1.54) is 6.08 Å². The lowest BCUT2D eigenvalue weighted by molar-refractivity contribution is -0.387. The zero-order valence-corrected chi connectivity index (χ0v) is 18.4. The number of nitrogens with one attached hydrogen (secondary N) is 2. The van der Waals surface area contributed by atoms with Gasteiger partial charge in [0.1, 0.15) is 5.82 Å². The summed E-state index contributed by atoms with van der Waals surface area (Å²) in [6, 6.07) is 12.3. The molecule has 11 nitrogen and oxygen atoms in total. The highest BCUT2D eigenvalue weighted by Crippen LogP contribution is 2.29. The molecule has 0 spiro atoms. The largest absolute Gasteiger partial charge is 0.490 e. The second-order valence-corrected chi connectivity index (χ2v) is 7.00. The summed E-state index contributed by atoms with van der Waals surface area (Å²) < 4.78 is 11.2. The Balaban J connectivity index is 1.72. The van der Waals surface area contributed by atoms with Crippen LogP contribution in [0.1, 0.15) is 23.9 Å². The first kappa shape index (κ1) is 24.0. The van der Waals surface area contributed by atoms with Gasteiger partial charge in [0.2, 0.25) is 0 Å². The summed E-state index contributed by atoms with van der Waals surface area (Å²) in [6.07, 6.45) is 2.92. The molecule has 0 radical (unpaired) electrons. The van der Waals surface area contributed by atoms with E-state index in [0.29, 0.717) is 29.4 Å². The molecule has 2 aromatic carbocycles. The molecule has 1 heterocycles. The number of aromatic amines is 1. The molecule has 0 bridgehead atoms. The van der Waals surface area contributed by atoms with Crippen LogP contribution in [0.2, 0.25) is 0 Å². The molecule has 34 heavy (non-hydrogen) atoms. The van der Waals surface area contributed by atoms with Gasteiger partial charge in [-0.3, -0.25) is 19.7 Å². The van der Waals surface area contributed by atoms with Crippen LogP contribution in [-0.4, -0.2) is 39.1 Å². The van der Waals surface area contributed by atoms with Crippen molar-refractivity contribution in [2.45, 2.75) is 13.8 Å². The van der Waals surface area contributed by atoms with Gasteiger partial charge in [0, 0.05) is 5.69 Å². The van der Waals surface area contributed by atoms with Crippen LogP contribution in [-0.2, 0) is 4.79 Å². The van der Waals surface area contributed by atoms with Gasteiger partial charge in [-0.25, -0.2) is 0 Å². The first-order valence-electron chi connectivity index (χ1n) is 10.2. The van der Waals surface area contributed by atoms with Crippen LogP contribution in [0.15, 0.2) is 47.3 Å². The zero-order chi connectivity index (χ0) is 24.7. The average Bonchev–Trinajstić information content (AvgIpc) is 2.78. The average molecular weight is 466 g/mol. The van der Waals surface area contributed by atoms with Gasteiger partial charge < -0.3 is 24.9 Å². The molecule has 3 aromatic rings. The van der Waals surface area contributed by atoms with E-state index >= 15 is 0 Å². The Kier molecular flexibility index (Phi) is 7.60. The molecule has 1 aromatic heterocycles. The quantitative estimate of drug-likeness (QED) is 0.320. The van der Waals surface area contributed by atoms with E-state index in [-0.39, 0.29) is 18.3 Å². The molecule has 3 rings (SSSR count). The van der Waals surface area contributed by atoms with E-state index in [9.17, 15) is 24.8 Å². The topological polar surface area (TPSA) is 157 Å². The van der Waals surface area contributed by atoms with Crippen molar-refractivity contribution in [1.82, 2.24) is 9.97 Å². The van der Waals surface area contributed by atoms with E-state index in [1.54, 1.807) is 37.3 Å². The number of nitro groups is 1. The van der Waals surface area contributed by atoms with Gasteiger partial charge in [-0.15, -0.1) is 0 Å². The third kappa shape index (κ3) is 5.97. The second-order valence-electron chi connectivity index (χ2n) is 7.00. The minimum Gasteiger partial charge on any atom is -0.490 e. The molecule has 11 heteroatoms. The smallest absolute Gasteiger partial charge is 0.395 e.